The smallest absolute Gasteiger partial charge is 0.316 e. The first-order chi connectivity index (χ1) is 15.0. The molecule has 2 amide bonds. The predicted molar refractivity (Wildman–Crippen MR) is 118 cm³/mol. The number of hydrogen-bond donors (Lipinski definition) is 2. The molecule has 2 aromatic heterocycles. The first-order valence-corrected chi connectivity index (χ1v) is 10.6. The molecule has 5 rings (SSSR count). The van der Waals surface area contributed by atoms with Crippen LogP contribution >= 0.6 is 0 Å². The highest BCUT2D eigenvalue weighted by molar-refractivity contribution is 6.00. The van der Waals surface area contributed by atoms with Crippen molar-refractivity contribution in [3.8, 4) is 17.3 Å². The zero-order valence-electron chi connectivity index (χ0n) is 17.7. The number of urea groups is 1. The van der Waals surface area contributed by atoms with Gasteiger partial charge in [0.2, 0.25) is 0 Å². The van der Waals surface area contributed by atoms with E-state index < -0.39 is 0 Å². The number of pyridine rings is 1. The minimum atomic E-state index is -0.0599. The first-order valence-electron chi connectivity index (χ1n) is 10.6. The molecule has 1 saturated heterocycles. The van der Waals surface area contributed by atoms with Crippen molar-refractivity contribution in [2.75, 3.05) is 25.0 Å². The van der Waals surface area contributed by atoms with E-state index in [-0.39, 0.29) is 12.1 Å². The van der Waals surface area contributed by atoms with Crippen molar-refractivity contribution in [3.05, 3.63) is 41.7 Å². The van der Waals surface area contributed by atoms with Gasteiger partial charge < -0.3 is 10.2 Å². The van der Waals surface area contributed by atoms with Gasteiger partial charge in [-0.3, -0.25) is 15.0 Å². The summed E-state index contributed by atoms with van der Waals surface area (Å²) in [5, 5.41) is 20.6. The van der Waals surface area contributed by atoms with Crippen LogP contribution in [0.3, 0.4) is 0 Å². The molecule has 0 bridgehead atoms. The number of nitrogens with zero attached hydrogens (tertiary/aromatic N) is 5. The molecule has 31 heavy (non-hydrogen) atoms. The molecule has 2 aliphatic heterocycles. The molecule has 8 nitrogen and oxygen atoms in total. The number of fused-ring (bicyclic) bond motifs is 2. The van der Waals surface area contributed by atoms with Crippen molar-refractivity contribution >= 4 is 22.6 Å². The maximum Gasteiger partial charge on any atom is 0.322 e. The third-order valence-corrected chi connectivity index (χ3v) is 6.39. The molecule has 2 atom stereocenters. The Hall–Kier alpha value is -3.44. The van der Waals surface area contributed by atoms with Crippen LogP contribution in [0, 0.1) is 24.2 Å². The lowest BCUT2D eigenvalue weighted by atomic mass is 10.00. The second-order valence-corrected chi connectivity index (χ2v) is 8.58. The second kappa shape index (κ2) is 7.67. The van der Waals surface area contributed by atoms with Crippen molar-refractivity contribution in [2.45, 2.75) is 32.9 Å². The quantitative estimate of drug-likeness (QED) is 0.679. The van der Waals surface area contributed by atoms with Crippen LogP contribution in [-0.2, 0) is 6.54 Å². The number of carbonyl (C=O) groups excluding carboxylic acids is 1. The minimum absolute atomic E-state index is 0.0599. The number of aryl methyl sites for hydroxylation is 1. The molecular weight excluding hydrogens is 390 g/mol. The highest BCUT2D eigenvalue weighted by Gasteiger charge is 2.38. The summed E-state index contributed by atoms with van der Waals surface area (Å²) < 4.78 is 0. The van der Waals surface area contributed by atoms with Gasteiger partial charge in [0.1, 0.15) is 5.69 Å². The Bertz CT molecular complexity index is 1190. The van der Waals surface area contributed by atoms with Gasteiger partial charge in [0, 0.05) is 61.1 Å². The average molecular weight is 416 g/mol. The van der Waals surface area contributed by atoms with Gasteiger partial charge in [0.25, 0.3) is 0 Å². The van der Waals surface area contributed by atoms with E-state index in [1.165, 1.54) is 0 Å². The molecule has 2 aliphatic rings. The largest absolute Gasteiger partial charge is 0.322 e. The minimum Gasteiger partial charge on any atom is -0.316 e. The van der Waals surface area contributed by atoms with E-state index in [2.05, 4.69) is 44.5 Å². The van der Waals surface area contributed by atoms with Crippen LogP contribution in [0.15, 0.2) is 30.5 Å². The highest BCUT2D eigenvalue weighted by atomic mass is 16.2. The predicted octanol–water partition coefficient (Wildman–Crippen LogP) is 3.51. The highest BCUT2D eigenvalue weighted by Crippen LogP contribution is 2.35. The number of anilines is 1. The molecule has 158 valence electrons. The number of hydrogen-bond acceptors (Lipinski definition) is 5. The van der Waals surface area contributed by atoms with Crippen LogP contribution in [-0.4, -0.2) is 56.7 Å². The van der Waals surface area contributed by atoms with Crippen molar-refractivity contribution in [3.63, 3.8) is 0 Å². The lowest BCUT2D eigenvalue weighted by molar-refractivity contribution is 0.169. The number of rotatable bonds is 4. The topological polar surface area (TPSA) is 101 Å². The average Bonchev–Trinajstić information content (AvgIpc) is 3.33. The Morgan fingerprint density at radius 1 is 1.29 bits per heavy atom. The summed E-state index contributed by atoms with van der Waals surface area (Å²) in [5.41, 5.74) is 5.68. The van der Waals surface area contributed by atoms with Crippen LogP contribution in [0.4, 0.5) is 10.5 Å². The summed E-state index contributed by atoms with van der Waals surface area (Å²) in [6, 6.07) is 10.4. The van der Waals surface area contributed by atoms with Gasteiger partial charge in [-0.05, 0) is 42.7 Å². The Balaban J connectivity index is 1.46. The number of nitriles is 1. The molecule has 4 heterocycles. The number of amides is 2. The van der Waals surface area contributed by atoms with Crippen molar-refractivity contribution in [2.24, 2.45) is 5.92 Å². The Labute approximate surface area is 180 Å². The van der Waals surface area contributed by atoms with Crippen molar-refractivity contribution < 1.29 is 4.79 Å². The van der Waals surface area contributed by atoms with Crippen molar-refractivity contribution in [1.29, 1.82) is 5.26 Å². The van der Waals surface area contributed by atoms with E-state index in [4.69, 9.17) is 5.26 Å². The fraction of sp³-hybridized carbons (Fsp3) is 0.391. The van der Waals surface area contributed by atoms with Gasteiger partial charge in [-0.2, -0.15) is 10.4 Å². The summed E-state index contributed by atoms with van der Waals surface area (Å²) in [7, 11) is 0. The molecule has 0 spiro atoms. The Morgan fingerprint density at radius 3 is 2.97 bits per heavy atom. The number of aromatic amines is 1. The van der Waals surface area contributed by atoms with Gasteiger partial charge in [-0.15, -0.1) is 0 Å². The van der Waals surface area contributed by atoms with E-state index >= 15 is 0 Å². The van der Waals surface area contributed by atoms with Gasteiger partial charge in [-0.1, -0.05) is 6.92 Å². The molecule has 0 saturated carbocycles. The van der Waals surface area contributed by atoms with Crippen LogP contribution < -0.4 is 5.32 Å². The normalized spacial score (nSPS) is 21.2. The zero-order valence-corrected chi connectivity index (χ0v) is 17.7. The lowest BCUT2D eigenvalue weighted by Crippen LogP contribution is -2.48. The summed E-state index contributed by atoms with van der Waals surface area (Å²) in [5.74, 6) is 0.360. The number of H-pyrrole nitrogens is 1. The maximum absolute atomic E-state index is 12.9. The monoisotopic (exact) mass is 415 g/mol. The summed E-state index contributed by atoms with van der Waals surface area (Å²) in [4.78, 5) is 21.4. The van der Waals surface area contributed by atoms with Gasteiger partial charge in [-0.25, -0.2) is 4.79 Å². The van der Waals surface area contributed by atoms with E-state index in [9.17, 15) is 4.79 Å². The molecule has 8 heteroatoms. The molecule has 0 unspecified atom stereocenters. The molecule has 3 aromatic rings. The molecule has 1 aromatic carbocycles. The number of aromatic nitrogens is 3. The van der Waals surface area contributed by atoms with Gasteiger partial charge in [0.15, 0.2) is 0 Å². The van der Waals surface area contributed by atoms with Gasteiger partial charge >= 0.3 is 6.03 Å². The van der Waals surface area contributed by atoms with E-state index in [1.54, 1.807) is 6.20 Å². The fourth-order valence-corrected chi connectivity index (χ4v) is 4.82. The molecule has 0 radical (unpaired) electrons. The number of nitrogens with one attached hydrogen (secondary N) is 2. The molecule has 0 aliphatic carbocycles. The van der Waals surface area contributed by atoms with E-state index in [1.807, 2.05) is 30.0 Å². The van der Waals surface area contributed by atoms with E-state index in [0.29, 0.717) is 18.9 Å². The van der Waals surface area contributed by atoms with Crippen LogP contribution in [0.25, 0.3) is 22.2 Å². The van der Waals surface area contributed by atoms with Crippen LogP contribution in [0.1, 0.15) is 24.6 Å². The fourth-order valence-electron chi connectivity index (χ4n) is 4.82. The van der Waals surface area contributed by atoms with Crippen LogP contribution in [0.2, 0.25) is 0 Å². The summed E-state index contributed by atoms with van der Waals surface area (Å²) in [6.07, 6.45) is 2.31. The van der Waals surface area contributed by atoms with E-state index in [0.717, 1.165) is 58.7 Å². The number of carbonyl (C=O) groups is 1. The molecular formula is C23H25N7O. The second-order valence-electron chi connectivity index (χ2n) is 8.58. The Morgan fingerprint density at radius 2 is 2.16 bits per heavy atom. The Kier molecular flexibility index (Phi) is 4.83. The SMILES string of the molecule is Cc1cc(-c2n[nH]c3cc4c(cc23)CN([C@@H]2CN(CCC#N)C[C@H]2C)C(=O)N4)ccn1. The molecule has 1 fully saturated rings. The lowest BCUT2D eigenvalue weighted by Gasteiger charge is -2.35. The van der Waals surface area contributed by atoms with Crippen LogP contribution in [0.5, 0.6) is 0 Å². The van der Waals surface area contributed by atoms with Crippen molar-refractivity contribution in [1.82, 2.24) is 25.0 Å². The third kappa shape index (κ3) is 3.51. The number of likely N-dealkylation sites (tertiary alicyclic amines) is 1. The third-order valence-electron chi connectivity index (χ3n) is 6.39. The molecule has 2 N–H and O–H groups in total. The zero-order chi connectivity index (χ0) is 21.5. The summed E-state index contributed by atoms with van der Waals surface area (Å²) >= 11 is 0. The maximum atomic E-state index is 12.9. The first kappa shape index (κ1) is 19.5. The van der Waals surface area contributed by atoms with Gasteiger partial charge in [0.05, 0.1) is 17.6 Å². The summed E-state index contributed by atoms with van der Waals surface area (Å²) in [6.45, 7) is 7.20. The number of benzene rings is 1. The standard InChI is InChI=1S/C23H25N7O/c1-14-11-29(7-3-5-24)13-21(14)30-12-17-9-18-20(10-19(17)26-23(30)31)27-28-22(18)16-4-6-25-15(2)8-16/h4,6,8-10,14,21H,3,7,11-13H2,1-2H3,(H,26,31)(H,27,28)/t14-,21-/m1/s1.